The van der Waals surface area contributed by atoms with Crippen molar-refractivity contribution in [2.45, 2.75) is 46.0 Å². The number of benzene rings is 2. The van der Waals surface area contributed by atoms with Gasteiger partial charge in [0.25, 0.3) is 5.91 Å². The maximum Gasteiger partial charge on any atom is 0.335 e. The molecule has 0 fully saturated rings. The van der Waals surface area contributed by atoms with E-state index in [4.69, 9.17) is 4.74 Å². The number of carboxylic acid groups (broad SMARTS) is 1. The van der Waals surface area contributed by atoms with Crippen LogP contribution in [0, 0.1) is 5.92 Å². The topological polar surface area (TPSA) is 80.6 Å². The van der Waals surface area contributed by atoms with Crippen LogP contribution in [-0.4, -0.2) is 35.2 Å². The largest absolute Gasteiger partial charge is 0.496 e. The smallest absolute Gasteiger partial charge is 0.335 e. The molecular weight excluding hydrogens is 416 g/mol. The SMILES string of the molecule is CCCCC(CC)CNC(=O)c1ccc2c(c1)c(Cc1ccc(C(=O)O)cc1OC)cn2C. The number of ether oxygens (including phenoxy) is 1. The van der Waals surface area contributed by atoms with E-state index in [0.29, 0.717) is 30.2 Å². The molecule has 0 saturated carbocycles. The van der Waals surface area contributed by atoms with Gasteiger partial charge in [0.05, 0.1) is 12.7 Å². The van der Waals surface area contributed by atoms with E-state index in [2.05, 4.69) is 25.4 Å². The first kappa shape index (κ1) is 24.4. The summed E-state index contributed by atoms with van der Waals surface area (Å²) in [5.41, 5.74) is 3.83. The van der Waals surface area contributed by atoms with Gasteiger partial charge in [0.2, 0.25) is 0 Å². The lowest BCUT2D eigenvalue weighted by molar-refractivity contribution is 0.0696. The van der Waals surface area contributed by atoms with E-state index in [0.717, 1.165) is 34.9 Å². The van der Waals surface area contributed by atoms with Gasteiger partial charge in [0.15, 0.2) is 0 Å². The number of nitrogens with one attached hydrogen (secondary N) is 1. The average molecular weight is 451 g/mol. The Morgan fingerprint density at radius 2 is 1.85 bits per heavy atom. The molecule has 6 heteroatoms. The quantitative estimate of drug-likeness (QED) is 0.409. The summed E-state index contributed by atoms with van der Waals surface area (Å²) in [6.45, 7) is 5.06. The molecule has 0 saturated heterocycles. The van der Waals surface area contributed by atoms with Crippen LogP contribution in [-0.2, 0) is 13.5 Å². The monoisotopic (exact) mass is 450 g/mol. The van der Waals surface area contributed by atoms with Gasteiger partial charge >= 0.3 is 5.97 Å². The Balaban J connectivity index is 1.84. The normalized spacial score (nSPS) is 12.0. The second-order valence-corrected chi connectivity index (χ2v) is 8.63. The zero-order chi connectivity index (χ0) is 24.0. The molecule has 33 heavy (non-hydrogen) atoms. The minimum atomic E-state index is -0.985. The van der Waals surface area contributed by atoms with Gasteiger partial charge in [-0.05, 0) is 53.8 Å². The Kier molecular flexibility index (Phi) is 8.15. The van der Waals surface area contributed by atoms with E-state index in [1.165, 1.54) is 12.8 Å². The number of fused-ring (bicyclic) bond motifs is 1. The average Bonchev–Trinajstić information content (AvgIpc) is 3.13. The molecule has 6 nitrogen and oxygen atoms in total. The molecule has 1 amide bonds. The summed E-state index contributed by atoms with van der Waals surface area (Å²) < 4.78 is 7.49. The van der Waals surface area contributed by atoms with E-state index < -0.39 is 5.97 Å². The van der Waals surface area contributed by atoms with Gasteiger partial charge in [0.1, 0.15) is 5.75 Å². The van der Waals surface area contributed by atoms with Crippen molar-refractivity contribution in [3.8, 4) is 5.75 Å². The molecule has 0 aliphatic rings. The van der Waals surface area contributed by atoms with Gasteiger partial charge in [0, 0.05) is 42.7 Å². The molecule has 1 aromatic heterocycles. The number of unbranched alkanes of at least 4 members (excludes halogenated alkanes) is 1. The predicted molar refractivity (Wildman–Crippen MR) is 131 cm³/mol. The molecule has 0 aliphatic carbocycles. The maximum atomic E-state index is 12.9. The van der Waals surface area contributed by atoms with Gasteiger partial charge in [-0.3, -0.25) is 4.79 Å². The second kappa shape index (κ2) is 11.0. The van der Waals surface area contributed by atoms with Crippen molar-refractivity contribution in [3.63, 3.8) is 0 Å². The van der Waals surface area contributed by atoms with Gasteiger partial charge in [-0.25, -0.2) is 4.79 Å². The standard InChI is InChI=1S/C27H34N2O4/c1-5-7-8-18(6-2)16-28-26(30)20-11-12-24-23(14-20)22(17-29(24)3)13-19-9-10-21(27(31)32)15-25(19)33-4/h9-12,14-15,17-18H,5-8,13,16H2,1-4H3,(H,28,30)(H,31,32). The molecule has 3 aromatic rings. The van der Waals surface area contributed by atoms with Gasteiger partial charge in [-0.2, -0.15) is 0 Å². The van der Waals surface area contributed by atoms with Gasteiger partial charge in [-0.15, -0.1) is 0 Å². The molecule has 0 aliphatic heterocycles. The van der Waals surface area contributed by atoms with Crippen LogP contribution in [0.4, 0.5) is 0 Å². The van der Waals surface area contributed by atoms with E-state index >= 15 is 0 Å². The Bertz CT molecular complexity index is 1130. The first-order valence-corrected chi connectivity index (χ1v) is 11.6. The Hall–Kier alpha value is -3.28. The lowest BCUT2D eigenvalue weighted by atomic mass is 9.99. The van der Waals surface area contributed by atoms with Crippen molar-refractivity contribution in [1.29, 1.82) is 0 Å². The molecule has 0 spiro atoms. The minimum absolute atomic E-state index is 0.0509. The van der Waals surface area contributed by atoms with E-state index in [-0.39, 0.29) is 11.5 Å². The van der Waals surface area contributed by atoms with Crippen molar-refractivity contribution in [1.82, 2.24) is 9.88 Å². The van der Waals surface area contributed by atoms with Gasteiger partial charge in [-0.1, -0.05) is 39.2 Å². The number of aryl methyl sites for hydroxylation is 1. The molecule has 176 valence electrons. The molecule has 3 rings (SSSR count). The molecular formula is C27H34N2O4. The Morgan fingerprint density at radius 3 is 2.52 bits per heavy atom. The molecule has 0 radical (unpaired) electrons. The zero-order valence-corrected chi connectivity index (χ0v) is 20.0. The highest BCUT2D eigenvalue weighted by Crippen LogP contribution is 2.29. The van der Waals surface area contributed by atoms with E-state index in [9.17, 15) is 14.7 Å². The second-order valence-electron chi connectivity index (χ2n) is 8.63. The number of hydrogen-bond acceptors (Lipinski definition) is 3. The summed E-state index contributed by atoms with van der Waals surface area (Å²) in [5.74, 6) is 0.00959. The van der Waals surface area contributed by atoms with Crippen LogP contribution < -0.4 is 10.1 Å². The molecule has 1 unspecified atom stereocenters. The molecule has 2 aromatic carbocycles. The number of methoxy groups -OCH3 is 1. The molecule has 1 atom stereocenters. The van der Waals surface area contributed by atoms with Crippen LogP contribution >= 0.6 is 0 Å². The van der Waals surface area contributed by atoms with Crippen LogP contribution in [0.1, 0.15) is 71.4 Å². The predicted octanol–water partition coefficient (Wildman–Crippen LogP) is 5.42. The number of amides is 1. The lowest BCUT2D eigenvalue weighted by Gasteiger charge is -2.15. The summed E-state index contributed by atoms with van der Waals surface area (Å²) >= 11 is 0. The maximum absolute atomic E-state index is 12.9. The van der Waals surface area contributed by atoms with E-state index in [1.807, 2.05) is 29.8 Å². The fourth-order valence-corrected chi connectivity index (χ4v) is 4.27. The molecule has 0 bridgehead atoms. The number of nitrogens with zero attached hydrogens (tertiary/aromatic N) is 1. The highest BCUT2D eigenvalue weighted by molar-refractivity contribution is 5.99. The third-order valence-electron chi connectivity index (χ3n) is 6.34. The lowest BCUT2D eigenvalue weighted by Crippen LogP contribution is -2.29. The Labute approximate surface area is 195 Å². The van der Waals surface area contributed by atoms with Crippen LogP contribution in [0.5, 0.6) is 5.75 Å². The number of rotatable bonds is 11. The van der Waals surface area contributed by atoms with Crippen LogP contribution in [0.25, 0.3) is 10.9 Å². The summed E-state index contributed by atoms with van der Waals surface area (Å²) in [4.78, 5) is 24.2. The number of carboxylic acids is 1. The van der Waals surface area contributed by atoms with Crippen molar-refractivity contribution in [2.75, 3.05) is 13.7 Å². The van der Waals surface area contributed by atoms with E-state index in [1.54, 1.807) is 25.3 Å². The minimum Gasteiger partial charge on any atom is -0.496 e. The fourth-order valence-electron chi connectivity index (χ4n) is 4.27. The number of aromatic carboxylic acids is 1. The van der Waals surface area contributed by atoms with Gasteiger partial charge < -0.3 is 19.7 Å². The van der Waals surface area contributed by atoms with Crippen LogP contribution in [0.2, 0.25) is 0 Å². The number of carbonyl (C=O) groups is 2. The van der Waals surface area contributed by atoms with Crippen LogP contribution in [0.3, 0.4) is 0 Å². The first-order chi connectivity index (χ1) is 15.9. The van der Waals surface area contributed by atoms with Crippen molar-refractivity contribution >= 4 is 22.8 Å². The fraction of sp³-hybridized carbons (Fsp3) is 0.407. The number of carbonyl (C=O) groups excluding carboxylic acids is 1. The highest BCUT2D eigenvalue weighted by atomic mass is 16.5. The van der Waals surface area contributed by atoms with Crippen molar-refractivity contribution in [2.24, 2.45) is 13.0 Å². The molecule has 2 N–H and O–H groups in total. The number of aromatic nitrogens is 1. The van der Waals surface area contributed by atoms with Crippen molar-refractivity contribution < 1.29 is 19.4 Å². The first-order valence-electron chi connectivity index (χ1n) is 11.6. The highest BCUT2D eigenvalue weighted by Gasteiger charge is 2.16. The third kappa shape index (κ3) is 5.75. The summed E-state index contributed by atoms with van der Waals surface area (Å²) in [6, 6.07) is 10.7. The summed E-state index contributed by atoms with van der Waals surface area (Å²) in [7, 11) is 3.52. The Morgan fingerprint density at radius 1 is 1.09 bits per heavy atom. The van der Waals surface area contributed by atoms with Crippen LogP contribution in [0.15, 0.2) is 42.6 Å². The number of hydrogen-bond donors (Lipinski definition) is 2. The zero-order valence-electron chi connectivity index (χ0n) is 20.0. The molecule has 1 heterocycles. The summed E-state index contributed by atoms with van der Waals surface area (Å²) in [5, 5.41) is 13.4. The third-order valence-corrected chi connectivity index (χ3v) is 6.34. The van der Waals surface area contributed by atoms with Crippen molar-refractivity contribution in [3.05, 3.63) is 64.8 Å². The summed E-state index contributed by atoms with van der Waals surface area (Å²) in [6.07, 6.45) is 7.17.